The van der Waals surface area contributed by atoms with Crippen molar-refractivity contribution in [1.82, 2.24) is 0 Å². The topological polar surface area (TPSA) is 0 Å². The molecule has 0 heteroatoms. The van der Waals surface area contributed by atoms with Crippen LogP contribution in [0.3, 0.4) is 0 Å². The maximum atomic E-state index is 2.41. The minimum Gasteiger partial charge on any atom is -0.0654 e. The molecule has 0 spiro atoms. The molecule has 0 aliphatic heterocycles. The summed E-state index contributed by atoms with van der Waals surface area (Å²) in [6.45, 7) is 11.8. The summed E-state index contributed by atoms with van der Waals surface area (Å²) in [5.41, 5.74) is 0. The lowest BCUT2D eigenvalue weighted by molar-refractivity contribution is 0.210. The zero-order chi connectivity index (χ0) is 11.7. The van der Waals surface area contributed by atoms with Crippen molar-refractivity contribution in [1.29, 1.82) is 0 Å². The number of unbranched alkanes of at least 4 members (excludes halogenated alkanes) is 2. The first kappa shape index (κ1) is 15.0. The van der Waals surface area contributed by atoms with E-state index in [2.05, 4.69) is 34.6 Å². The monoisotopic (exact) mass is 212 g/mol. The number of hydrogen-bond donors (Lipinski definition) is 0. The Kier molecular flexibility index (Phi) is 9.24. The quantitative estimate of drug-likeness (QED) is 0.462. The first-order valence-corrected chi connectivity index (χ1v) is 7.17. The molecule has 0 bridgehead atoms. The van der Waals surface area contributed by atoms with Gasteiger partial charge in [0.15, 0.2) is 0 Å². The standard InChI is InChI=1S/C15H32/c1-6-9-11-14(8-3)15(13(4)5)12-10-7-2/h13-15H,6-12H2,1-5H3. The summed E-state index contributed by atoms with van der Waals surface area (Å²) in [5, 5.41) is 0. The first-order chi connectivity index (χ1) is 7.17. The van der Waals surface area contributed by atoms with Crippen LogP contribution in [0.25, 0.3) is 0 Å². The Morgan fingerprint density at radius 2 is 1.33 bits per heavy atom. The van der Waals surface area contributed by atoms with Crippen molar-refractivity contribution < 1.29 is 0 Å². The SMILES string of the molecule is CCCCC(CC)C(CCCC)C(C)C. The van der Waals surface area contributed by atoms with E-state index < -0.39 is 0 Å². The third kappa shape index (κ3) is 6.22. The van der Waals surface area contributed by atoms with Gasteiger partial charge in [-0.15, -0.1) is 0 Å². The van der Waals surface area contributed by atoms with Gasteiger partial charge in [0.05, 0.1) is 0 Å². The van der Waals surface area contributed by atoms with E-state index in [1.807, 2.05) is 0 Å². The van der Waals surface area contributed by atoms with Gasteiger partial charge in [-0.2, -0.15) is 0 Å². The Labute approximate surface area is 97.8 Å². The molecule has 2 atom stereocenters. The molecule has 92 valence electrons. The molecule has 0 heterocycles. The van der Waals surface area contributed by atoms with Crippen LogP contribution in [-0.4, -0.2) is 0 Å². The molecule has 0 aromatic carbocycles. The number of hydrogen-bond acceptors (Lipinski definition) is 0. The fourth-order valence-electron chi connectivity index (χ4n) is 2.74. The highest BCUT2D eigenvalue weighted by Crippen LogP contribution is 2.32. The molecule has 0 aromatic heterocycles. The Morgan fingerprint density at radius 1 is 0.800 bits per heavy atom. The van der Waals surface area contributed by atoms with Crippen molar-refractivity contribution in [3.05, 3.63) is 0 Å². The van der Waals surface area contributed by atoms with Crippen LogP contribution in [-0.2, 0) is 0 Å². The van der Waals surface area contributed by atoms with E-state index in [9.17, 15) is 0 Å². The molecule has 0 saturated heterocycles. The van der Waals surface area contributed by atoms with Crippen molar-refractivity contribution >= 4 is 0 Å². The summed E-state index contributed by atoms with van der Waals surface area (Å²) < 4.78 is 0. The maximum absolute atomic E-state index is 2.41. The molecular weight excluding hydrogens is 180 g/mol. The highest BCUT2D eigenvalue weighted by Gasteiger charge is 2.21. The van der Waals surface area contributed by atoms with Gasteiger partial charge < -0.3 is 0 Å². The lowest BCUT2D eigenvalue weighted by Gasteiger charge is -2.29. The van der Waals surface area contributed by atoms with E-state index in [-0.39, 0.29) is 0 Å². The molecule has 0 aliphatic rings. The Morgan fingerprint density at radius 3 is 1.73 bits per heavy atom. The normalized spacial score (nSPS) is 15.6. The molecule has 0 aliphatic carbocycles. The van der Waals surface area contributed by atoms with Crippen molar-refractivity contribution in [2.75, 3.05) is 0 Å². The van der Waals surface area contributed by atoms with E-state index in [0.29, 0.717) is 0 Å². The molecular formula is C15H32. The minimum atomic E-state index is 0.873. The third-order valence-electron chi connectivity index (χ3n) is 3.81. The van der Waals surface area contributed by atoms with Crippen LogP contribution >= 0.6 is 0 Å². The second kappa shape index (κ2) is 9.24. The molecule has 0 aromatic rings. The van der Waals surface area contributed by atoms with Crippen molar-refractivity contribution in [2.45, 2.75) is 79.6 Å². The first-order valence-electron chi connectivity index (χ1n) is 7.17. The lowest BCUT2D eigenvalue weighted by Crippen LogP contribution is -2.20. The van der Waals surface area contributed by atoms with Crippen LogP contribution in [0.1, 0.15) is 79.6 Å². The highest BCUT2D eigenvalue weighted by atomic mass is 14.3. The molecule has 15 heavy (non-hydrogen) atoms. The van der Waals surface area contributed by atoms with Gasteiger partial charge in [0.25, 0.3) is 0 Å². The third-order valence-corrected chi connectivity index (χ3v) is 3.81. The molecule has 2 unspecified atom stereocenters. The van der Waals surface area contributed by atoms with E-state index in [4.69, 9.17) is 0 Å². The van der Waals surface area contributed by atoms with Gasteiger partial charge in [0, 0.05) is 0 Å². The zero-order valence-corrected chi connectivity index (χ0v) is 11.7. The second-order valence-electron chi connectivity index (χ2n) is 5.36. The molecule has 0 amide bonds. The van der Waals surface area contributed by atoms with E-state index in [0.717, 1.165) is 17.8 Å². The molecule has 0 radical (unpaired) electrons. The van der Waals surface area contributed by atoms with Gasteiger partial charge in [-0.05, 0) is 24.2 Å². The van der Waals surface area contributed by atoms with Crippen LogP contribution in [0.4, 0.5) is 0 Å². The van der Waals surface area contributed by atoms with Crippen LogP contribution < -0.4 is 0 Å². The van der Waals surface area contributed by atoms with Gasteiger partial charge in [0.1, 0.15) is 0 Å². The van der Waals surface area contributed by atoms with Crippen molar-refractivity contribution in [3.63, 3.8) is 0 Å². The Hall–Kier alpha value is 0. The Bertz CT molecular complexity index is 126. The summed E-state index contributed by atoms with van der Waals surface area (Å²) in [6.07, 6.45) is 9.85. The van der Waals surface area contributed by atoms with Crippen molar-refractivity contribution in [2.24, 2.45) is 17.8 Å². The maximum Gasteiger partial charge on any atom is -0.0363 e. The molecule has 0 nitrogen and oxygen atoms in total. The average molecular weight is 212 g/mol. The number of rotatable bonds is 9. The lowest BCUT2D eigenvalue weighted by atomic mass is 9.76. The van der Waals surface area contributed by atoms with Gasteiger partial charge in [-0.25, -0.2) is 0 Å². The van der Waals surface area contributed by atoms with E-state index in [1.54, 1.807) is 0 Å². The van der Waals surface area contributed by atoms with Gasteiger partial charge >= 0.3 is 0 Å². The Balaban J connectivity index is 4.13. The average Bonchev–Trinajstić information content (AvgIpc) is 2.22. The summed E-state index contributed by atoms with van der Waals surface area (Å²) in [5.74, 6) is 2.83. The predicted molar refractivity (Wildman–Crippen MR) is 71.2 cm³/mol. The zero-order valence-electron chi connectivity index (χ0n) is 11.7. The fraction of sp³-hybridized carbons (Fsp3) is 1.00. The van der Waals surface area contributed by atoms with Crippen LogP contribution in [0.15, 0.2) is 0 Å². The molecule has 0 N–H and O–H groups in total. The fourth-order valence-corrected chi connectivity index (χ4v) is 2.74. The second-order valence-corrected chi connectivity index (χ2v) is 5.36. The highest BCUT2D eigenvalue weighted by molar-refractivity contribution is 4.72. The summed E-state index contributed by atoms with van der Waals surface area (Å²) in [6, 6.07) is 0. The molecule has 0 fully saturated rings. The van der Waals surface area contributed by atoms with Gasteiger partial charge in [0.2, 0.25) is 0 Å². The predicted octanol–water partition coefficient (Wildman–Crippen LogP) is 5.67. The van der Waals surface area contributed by atoms with E-state index >= 15 is 0 Å². The summed E-state index contributed by atoms with van der Waals surface area (Å²) in [7, 11) is 0. The van der Waals surface area contributed by atoms with Crippen LogP contribution in [0.5, 0.6) is 0 Å². The summed E-state index contributed by atoms with van der Waals surface area (Å²) in [4.78, 5) is 0. The van der Waals surface area contributed by atoms with Gasteiger partial charge in [-0.3, -0.25) is 0 Å². The van der Waals surface area contributed by atoms with Crippen LogP contribution in [0, 0.1) is 17.8 Å². The van der Waals surface area contributed by atoms with E-state index in [1.165, 1.54) is 44.9 Å². The summed E-state index contributed by atoms with van der Waals surface area (Å²) >= 11 is 0. The van der Waals surface area contributed by atoms with Crippen molar-refractivity contribution in [3.8, 4) is 0 Å². The minimum absolute atomic E-state index is 0.873. The van der Waals surface area contributed by atoms with Crippen LogP contribution in [0.2, 0.25) is 0 Å². The smallest absolute Gasteiger partial charge is 0.0363 e. The van der Waals surface area contributed by atoms with Gasteiger partial charge in [-0.1, -0.05) is 73.1 Å². The molecule has 0 rings (SSSR count). The largest absolute Gasteiger partial charge is 0.0654 e. The molecule has 0 saturated carbocycles.